The topological polar surface area (TPSA) is 3.24 Å². The number of hydrogen-bond donors (Lipinski definition) is 0. The molecular weight excluding hydrogens is 266 g/mol. The molecule has 1 aromatic rings. The van der Waals surface area contributed by atoms with Gasteiger partial charge in [0, 0.05) is 5.41 Å². The lowest BCUT2D eigenvalue weighted by Gasteiger charge is -2.33. The van der Waals surface area contributed by atoms with Gasteiger partial charge >= 0.3 is 0 Å². The Kier molecular flexibility index (Phi) is 6.87. The summed E-state index contributed by atoms with van der Waals surface area (Å²) < 4.78 is 0. The Hall–Kier alpha value is -1.08. The predicted octanol–water partition coefficient (Wildman–Crippen LogP) is 5.51. The fourth-order valence-electron chi connectivity index (χ4n) is 2.69. The molecule has 0 aromatic heterocycles. The quantitative estimate of drug-likeness (QED) is 0.573. The van der Waals surface area contributed by atoms with Crippen LogP contribution in [-0.2, 0) is 5.41 Å². The van der Waals surface area contributed by atoms with Crippen molar-refractivity contribution in [3.05, 3.63) is 47.0 Å². The van der Waals surface area contributed by atoms with Gasteiger partial charge in [0.25, 0.3) is 0 Å². The van der Waals surface area contributed by atoms with Crippen LogP contribution in [0.2, 0.25) is 0 Å². The zero-order valence-electron chi connectivity index (χ0n) is 15.8. The van der Waals surface area contributed by atoms with Crippen molar-refractivity contribution in [2.45, 2.75) is 59.8 Å². The molecule has 0 fully saturated rings. The second-order valence-electron chi connectivity index (χ2n) is 7.65. The fraction of sp³-hybridized carbons (Fsp3) is 0.619. The third-order valence-electron chi connectivity index (χ3n) is 5.17. The molecule has 0 heterocycles. The highest BCUT2D eigenvalue weighted by molar-refractivity contribution is 5.39. The molecule has 0 amide bonds. The van der Waals surface area contributed by atoms with E-state index in [4.69, 9.17) is 0 Å². The van der Waals surface area contributed by atoms with Crippen molar-refractivity contribution in [1.29, 1.82) is 0 Å². The largest absolute Gasteiger partial charge is 0.306 e. The minimum atomic E-state index is 0.0601. The summed E-state index contributed by atoms with van der Waals surface area (Å²) in [6.07, 6.45) is 2.39. The molecule has 22 heavy (non-hydrogen) atoms. The third-order valence-corrected chi connectivity index (χ3v) is 5.17. The van der Waals surface area contributed by atoms with Crippen LogP contribution in [0.4, 0.5) is 0 Å². The van der Waals surface area contributed by atoms with Crippen LogP contribution in [0.25, 0.3) is 0 Å². The average molecular weight is 302 g/mol. The van der Waals surface area contributed by atoms with E-state index in [-0.39, 0.29) is 5.41 Å². The van der Waals surface area contributed by atoms with Gasteiger partial charge in [0.15, 0.2) is 0 Å². The predicted molar refractivity (Wildman–Crippen MR) is 99.7 cm³/mol. The lowest BCUT2D eigenvalue weighted by atomic mass is 9.73. The summed E-state index contributed by atoms with van der Waals surface area (Å²) in [7, 11) is 2.24. The Labute approximate surface area is 138 Å². The van der Waals surface area contributed by atoms with Gasteiger partial charge in [0.05, 0.1) is 0 Å². The standard InChI is InChI=1S/C21H35N/c1-16(2)11-13-22(8)14-12-21(7,17(3)4)20-10-9-18(5)19(6)15-20/h9-10,15-16H,3,11-14H2,1-2,4-8H3. The lowest BCUT2D eigenvalue weighted by molar-refractivity contribution is 0.284. The van der Waals surface area contributed by atoms with Gasteiger partial charge in [-0.25, -0.2) is 0 Å². The second-order valence-corrected chi connectivity index (χ2v) is 7.65. The molecule has 0 aliphatic rings. The molecule has 0 aliphatic heterocycles. The van der Waals surface area contributed by atoms with Crippen molar-refractivity contribution in [2.75, 3.05) is 20.1 Å². The molecule has 1 unspecified atom stereocenters. The number of allylic oxidation sites excluding steroid dienone is 1. The average Bonchev–Trinajstić information content (AvgIpc) is 2.45. The van der Waals surface area contributed by atoms with E-state index in [1.807, 2.05) is 0 Å². The van der Waals surface area contributed by atoms with Gasteiger partial charge in [-0.2, -0.15) is 0 Å². The fourth-order valence-corrected chi connectivity index (χ4v) is 2.69. The number of hydrogen-bond acceptors (Lipinski definition) is 1. The summed E-state index contributed by atoms with van der Waals surface area (Å²) in [6, 6.07) is 6.87. The Bertz CT molecular complexity index is 501. The summed E-state index contributed by atoms with van der Waals surface area (Å²) in [6.45, 7) is 20.1. The van der Waals surface area contributed by atoms with Crippen LogP contribution in [-0.4, -0.2) is 25.0 Å². The Morgan fingerprint density at radius 2 is 1.82 bits per heavy atom. The molecule has 0 bridgehead atoms. The summed E-state index contributed by atoms with van der Waals surface area (Å²) >= 11 is 0. The monoisotopic (exact) mass is 301 g/mol. The van der Waals surface area contributed by atoms with E-state index in [1.165, 1.54) is 35.2 Å². The maximum atomic E-state index is 4.29. The summed E-state index contributed by atoms with van der Waals surface area (Å²) in [5, 5.41) is 0. The zero-order valence-corrected chi connectivity index (χ0v) is 15.8. The van der Waals surface area contributed by atoms with E-state index in [1.54, 1.807) is 0 Å². The molecule has 1 rings (SSSR count). The van der Waals surface area contributed by atoms with Gasteiger partial charge < -0.3 is 4.90 Å². The first-order chi connectivity index (χ1) is 10.2. The van der Waals surface area contributed by atoms with Crippen LogP contribution in [0.1, 0.15) is 57.2 Å². The maximum absolute atomic E-state index is 4.29. The smallest absolute Gasteiger partial charge is 0.0140 e. The van der Waals surface area contributed by atoms with Crippen molar-refractivity contribution in [1.82, 2.24) is 4.90 Å². The number of nitrogens with zero attached hydrogens (tertiary/aromatic N) is 1. The van der Waals surface area contributed by atoms with E-state index >= 15 is 0 Å². The Balaban J connectivity index is 2.83. The first-order valence-corrected chi connectivity index (χ1v) is 8.59. The first-order valence-electron chi connectivity index (χ1n) is 8.59. The third kappa shape index (κ3) is 4.98. The van der Waals surface area contributed by atoms with Crippen LogP contribution in [0.3, 0.4) is 0 Å². The molecule has 0 spiro atoms. The van der Waals surface area contributed by atoms with Crippen LogP contribution < -0.4 is 0 Å². The highest BCUT2D eigenvalue weighted by atomic mass is 15.1. The second kappa shape index (κ2) is 7.97. The van der Waals surface area contributed by atoms with Crippen molar-refractivity contribution in [2.24, 2.45) is 5.92 Å². The van der Waals surface area contributed by atoms with Crippen molar-refractivity contribution in [3.63, 3.8) is 0 Å². The molecule has 0 aliphatic carbocycles. The first kappa shape index (κ1) is 19.0. The van der Waals surface area contributed by atoms with E-state index in [9.17, 15) is 0 Å². The van der Waals surface area contributed by atoms with Crippen molar-refractivity contribution >= 4 is 0 Å². The SMILES string of the molecule is C=C(C)C(C)(CCN(C)CCC(C)C)c1ccc(C)c(C)c1. The van der Waals surface area contributed by atoms with Crippen LogP contribution in [0.15, 0.2) is 30.4 Å². The van der Waals surface area contributed by atoms with Gasteiger partial charge in [0.2, 0.25) is 0 Å². The van der Waals surface area contributed by atoms with Crippen molar-refractivity contribution < 1.29 is 0 Å². The summed E-state index contributed by atoms with van der Waals surface area (Å²) in [5.74, 6) is 0.773. The summed E-state index contributed by atoms with van der Waals surface area (Å²) in [4.78, 5) is 2.46. The maximum Gasteiger partial charge on any atom is 0.0140 e. The Morgan fingerprint density at radius 1 is 1.18 bits per heavy atom. The molecule has 1 atom stereocenters. The molecule has 1 nitrogen and oxygen atoms in total. The minimum absolute atomic E-state index is 0.0601. The van der Waals surface area contributed by atoms with Crippen LogP contribution in [0, 0.1) is 19.8 Å². The van der Waals surface area contributed by atoms with Gasteiger partial charge in [-0.3, -0.25) is 0 Å². The van der Waals surface area contributed by atoms with Gasteiger partial charge in [-0.15, -0.1) is 0 Å². The lowest BCUT2D eigenvalue weighted by Crippen LogP contribution is -2.31. The molecular formula is C21H35N. The van der Waals surface area contributed by atoms with Gasteiger partial charge in [-0.1, -0.05) is 51.1 Å². The molecule has 1 aromatic carbocycles. The van der Waals surface area contributed by atoms with Crippen molar-refractivity contribution in [3.8, 4) is 0 Å². The minimum Gasteiger partial charge on any atom is -0.306 e. The van der Waals surface area contributed by atoms with Crippen LogP contribution >= 0.6 is 0 Å². The zero-order chi connectivity index (χ0) is 16.9. The summed E-state index contributed by atoms with van der Waals surface area (Å²) in [5.41, 5.74) is 5.46. The number of benzene rings is 1. The number of rotatable bonds is 8. The van der Waals surface area contributed by atoms with E-state index < -0.39 is 0 Å². The van der Waals surface area contributed by atoms with E-state index in [0.717, 1.165) is 18.9 Å². The van der Waals surface area contributed by atoms with Gasteiger partial charge in [-0.05, 0) is 76.4 Å². The molecule has 1 heteroatoms. The molecule has 124 valence electrons. The normalized spacial score (nSPS) is 14.4. The highest BCUT2D eigenvalue weighted by Gasteiger charge is 2.28. The molecule has 0 N–H and O–H groups in total. The molecule has 0 saturated carbocycles. The van der Waals surface area contributed by atoms with E-state index in [2.05, 4.69) is 78.3 Å². The molecule has 0 saturated heterocycles. The van der Waals surface area contributed by atoms with E-state index in [0.29, 0.717) is 0 Å². The Morgan fingerprint density at radius 3 is 2.32 bits per heavy atom. The van der Waals surface area contributed by atoms with Crippen LogP contribution in [0.5, 0.6) is 0 Å². The highest BCUT2D eigenvalue weighted by Crippen LogP contribution is 2.35. The van der Waals surface area contributed by atoms with Gasteiger partial charge in [0.1, 0.15) is 0 Å². The molecule has 0 radical (unpaired) electrons. The number of aryl methyl sites for hydroxylation is 2.